The Balaban J connectivity index is 3.06. The molecular formula is C11H19N3O2S. The number of unbranched alkanes of at least 4 members (excludes halogenated alkanes) is 1. The first-order valence-electron chi connectivity index (χ1n) is 5.50. The second kappa shape index (κ2) is 5.77. The number of anilines is 2. The van der Waals surface area contributed by atoms with E-state index < -0.39 is 5.91 Å². The second-order valence-corrected chi connectivity index (χ2v) is 4.82. The van der Waals surface area contributed by atoms with Crippen molar-refractivity contribution in [3.8, 4) is 5.75 Å². The second-order valence-electron chi connectivity index (χ2n) is 3.82. The lowest BCUT2D eigenvalue weighted by atomic mass is 10.3. The molecule has 0 atom stereocenters. The molecule has 0 saturated heterocycles. The van der Waals surface area contributed by atoms with Crippen molar-refractivity contribution in [1.29, 1.82) is 0 Å². The van der Waals surface area contributed by atoms with Crippen LogP contribution in [0, 0.1) is 0 Å². The predicted octanol–water partition coefficient (Wildman–Crippen LogP) is 1.67. The first-order chi connectivity index (χ1) is 8.02. The zero-order valence-corrected chi connectivity index (χ0v) is 11.3. The number of rotatable bonds is 6. The molecule has 0 aliphatic rings. The lowest BCUT2D eigenvalue weighted by molar-refractivity contribution is 0.100. The number of thiophene rings is 1. The highest BCUT2D eigenvalue weighted by Gasteiger charge is 2.22. The largest absolute Gasteiger partial charge is 0.492 e. The molecule has 5 nitrogen and oxygen atoms in total. The molecule has 1 aromatic heterocycles. The minimum Gasteiger partial charge on any atom is -0.492 e. The van der Waals surface area contributed by atoms with Gasteiger partial charge in [0.1, 0.15) is 15.6 Å². The van der Waals surface area contributed by atoms with Crippen molar-refractivity contribution in [2.24, 2.45) is 5.73 Å². The van der Waals surface area contributed by atoms with E-state index >= 15 is 0 Å². The number of carbonyl (C=O) groups is 1. The molecule has 1 rings (SSSR count). The van der Waals surface area contributed by atoms with Crippen LogP contribution in [0.2, 0.25) is 0 Å². The number of primary amides is 1. The van der Waals surface area contributed by atoms with Gasteiger partial charge in [-0.05, 0) is 6.42 Å². The van der Waals surface area contributed by atoms with Crippen molar-refractivity contribution in [3.05, 3.63) is 4.88 Å². The van der Waals surface area contributed by atoms with Crippen LogP contribution in [0.3, 0.4) is 0 Å². The maximum Gasteiger partial charge on any atom is 0.261 e. The number of nitrogens with zero attached hydrogens (tertiary/aromatic N) is 1. The van der Waals surface area contributed by atoms with Crippen LogP contribution in [0.15, 0.2) is 0 Å². The van der Waals surface area contributed by atoms with Gasteiger partial charge in [-0.15, -0.1) is 11.3 Å². The van der Waals surface area contributed by atoms with Gasteiger partial charge in [0.05, 0.1) is 7.11 Å². The average molecular weight is 257 g/mol. The van der Waals surface area contributed by atoms with Crippen LogP contribution in [0.5, 0.6) is 5.75 Å². The topological polar surface area (TPSA) is 81.6 Å². The van der Waals surface area contributed by atoms with Crippen LogP contribution in [0.25, 0.3) is 0 Å². The van der Waals surface area contributed by atoms with Gasteiger partial charge in [-0.1, -0.05) is 13.3 Å². The molecule has 1 heterocycles. The van der Waals surface area contributed by atoms with Crippen LogP contribution >= 0.6 is 11.3 Å². The fourth-order valence-electron chi connectivity index (χ4n) is 1.54. The van der Waals surface area contributed by atoms with E-state index in [1.807, 2.05) is 11.9 Å². The van der Waals surface area contributed by atoms with Gasteiger partial charge in [0, 0.05) is 13.6 Å². The summed E-state index contributed by atoms with van der Waals surface area (Å²) < 4.78 is 5.24. The van der Waals surface area contributed by atoms with E-state index in [9.17, 15) is 4.79 Å². The molecule has 6 heteroatoms. The molecule has 0 saturated carbocycles. The van der Waals surface area contributed by atoms with Gasteiger partial charge in [0.25, 0.3) is 5.91 Å². The minimum atomic E-state index is -0.513. The normalized spacial score (nSPS) is 10.3. The van der Waals surface area contributed by atoms with Crippen LogP contribution in [-0.4, -0.2) is 26.6 Å². The third-order valence-electron chi connectivity index (χ3n) is 2.50. The molecule has 0 spiro atoms. The van der Waals surface area contributed by atoms with Crippen LogP contribution in [-0.2, 0) is 0 Å². The Kier molecular flexibility index (Phi) is 4.62. The van der Waals surface area contributed by atoms with Crippen molar-refractivity contribution in [2.75, 3.05) is 31.3 Å². The summed E-state index contributed by atoms with van der Waals surface area (Å²) >= 11 is 1.28. The summed E-state index contributed by atoms with van der Waals surface area (Å²) in [5.41, 5.74) is 11.4. The highest BCUT2D eigenvalue weighted by atomic mass is 32.1. The summed E-state index contributed by atoms with van der Waals surface area (Å²) in [6, 6.07) is 0. The first-order valence-corrected chi connectivity index (χ1v) is 6.31. The monoisotopic (exact) mass is 257 g/mol. The van der Waals surface area contributed by atoms with Crippen molar-refractivity contribution in [3.63, 3.8) is 0 Å². The SMILES string of the molecule is CCCCN(C)c1sc(C(N)=O)c(N)c1OC. The standard InChI is InChI=1S/C11H19N3O2S/c1-4-5-6-14(2)11-8(16-3)7(12)9(17-11)10(13)15/h4-6,12H2,1-3H3,(H2,13,15). The number of ether oxygens (including phenoxy) is 1. The molecule has 0 unspecified atom stereocenters. The number of hydrogen-bond acceptors (Lipinski definition) is 5. The average Bonchev–Trinajstić information content (AvgIpc) is 2.63. The van der Waals surface area contributed by atoms with Crippen molar-refractivity contribution in [1.82, 2.24) is 0 Å². The molecule has 4 N–H and O–H groups in total. The summed E-state index contributed by atoms with van der Waals surface area (Å²) in [5, 5.41) is 0.854. The van der Waals surface area contributed by atoms with Gasteiger partial charge in [-0.3, -0.25) is 4.79 Å². The molecule has 0 aliphatic carbocycles. The van der Waals surface area contributed by atoms with Gasteiger partial charge < -0.3 is 21.1 Å². The fourth-order valence-corrected chi connectivity index (χ4v) is 2.57. The van der Waals surface area contributed by atoms with E-state index in [0.29, 0.717) is 16.3 Å². The van der Waals surface area contributed by atoms with E-state index in [1.165, 1.54) is 11.3 Å². The molecule has 1 aromatic rings. The number of amides is 1. The molecule has 0 radical (unpaired) electrons. The van der Waals surface area contributed by atoms with E-state index in [2.05, 4.69) is 6.92 Å². The molecule has 17 heavy (non-hydrogen) atoms. The third kappa shape index (κ3) is 2.82. The summed E-state index contributed by atoms with van der Waals surface area (Å²) in [4.78, 5) is 13.6. The molecule has 0 aromatic carbocycles. The van der Waals surface area contributed by atoms with Crippen molar-refractivity contribution < 1.29 is 9.53 Å². The summed E-state index contributed by atoms with van der Waals surface area (Å²) in [7, 11) is 3.49. The summed E-state index contributed by atoms with van der Waals surface area (Å²) in [5.74, 6) is 0.0309. The molecule has 0 bridgehead atoms. The highest BCUT2D eigenvalue weighted by Crippen LogP contribution is 2.44. The van der Waals surface area contributed by atoms with Crippen LogP contribution < -0.4 is 21.1 Å². The Morgan fingerprint density at radius 3 is 2.65 bits per heavy atom. The number of nitrogens with two attached hydrogens (primary N) is 2. The minimum absolute atomic E-state index is 0.336. The molecular weight excluding hydrogens is 238 g/mol. The van der Waals surface area contributed by atoms with Crippen LogP contribution in [0.4, 0.5) is 10.7 Å². The van der Waals surface area contributed by atoms with Gasteiger partial charge in [0.2, 0.25) is 0 Å². The molecule has 96 valence electrons. The van der Waals surface area contributed by atoms with Gasteiger partial charge in [0.15, 0.2) is 5.75 Å². The Labute approximate surface area is 105 Å². The lowest BCUT2D eigenvalue weighted by Gasteiger charge is -2.18. The fraction of sp³-hybridized carbons (Fsp3) is 0.545. The summed E-state index contributed by atoms with van der Waals surface area (Å²) in [6.07, 6.45) is 2.18. The van der Waals surface area contributed by atoms with Crippen molar-refractivity contribution in [2.45, 2.75) is 19.8 Å². The van der Waals surface area contributed by atoms with Crippen molar-refractivity contribution >= 4 is 27.9 Å². The van der Waals surface area contributed by atoms with Gasteiger partial charge in [-0.2, -0.15) is 0 Å². The first kappa shape index (κ1) is 13.6. The molecule has 1 amide bonds. The van der Waals surface area contributed by atoms with E-state index in [0.717, 1.165) is 24.4 Å². The van der Waals surface area contributed by atoms with Gasteiger partial charge >= 0.3 is 0 Å². The Hall–Kier alpha value is -1.43. The Bertz CT molecular complexity index is 404. The Morgan fingerprint density at radius 1 is 1.53 bits per heavy atom. The predicted molar refractivity (Wildman–Crippen MR) is 72.0 cm³/mol. The number of methoxy groups -OCH3 is 1. The van der Waals surface area contributed by atoms with E-state index in [4.69, 9.17) is 16.2 Å². The Morgan fingerprint density at radius 2 is 2.18 bits per heavy atom. The van der Waals surface area contributed by atoms with Crippen LogP contribution in [0.1, 0.15) is 29.4 Å². The number of carbonyl (C=O) groups excluding carboxylic acids is 1. The van der Waals surface area contributed by atoms with E-state index in [-0.39, 0.29) is 0 Å². The maximum atomic E-state index is 11.2. The smallest absolute Gasteiger partial charge is 0.261 e. The quantitative estimate of drug-likeness (QED) is 0.812. The number of nitrogen functional groups attached to an aromatic ring is 1. The van der Waals surface area contributed by atoms with Gasteiger partial charge in [-0.25, -0.2) is 0 Å². The summed E-state index contributed by atoms with van der Waals surface area (Å²) in [6.45, 7) is 3.02. The zero-order chi connectivity index (χ0) is 13.0. The number of hydrogen-bond donors (Lipinski definition) is 2. The van der Waals surface area contributed by atoms with E-state index in [1.54, 1.807) is 7.11 Å². The molecule has 0 aliphatic heterocycles. The molecule has 0 fully saturated rings. The lowest BCUT2D eigenvalue weighted by Crippen LogP contribution is -2.17. The third-order valence-corrected chi connectivity index (χ3v) is 3.82. The highest BCUT2D eigenvalue weighted by molar-refractivity contribution is 7.19. The zero-order valence-electron chi connectivity index (χ0n) is 10.4. The maximum absolute atomic E-state index is 11.2.